The van der Waals surface area contributed by atoms with Crippen LogP contribution in [0.1, 0.15) is 11.1 Å². The van der Waals surface area contributed by atoms with Gasteiger partial charge in [-0.15, -0.1) is 11.8 Å². The molecule has 0 bridgehead atoms. The summed E-state index contributed by atoms with van der Waals surface area (Å²) in [6.45, 7) is 0.744. The van der Waals surface area contributed by atoms with Crippen LogP contribution in [-0.4, -0.2) is 11.6 Å². The second-order valence-corrected chi connectivity index (χ2v) is 5.80. The molecule has 3 rings (SSSR count). The van der Waals surface area contributed by atoms with Crippen LogP contribution in [0.2, 0.25) is 5.02 Å². The molecule has 1 aromatic carbocycles. The van der Waals surface area contributed by atoms with E-state index >= 15 is 0 Å². The number of fused-ring (bicyclic) bond motifs is 1. The van der Waals surface area contributed by atoms with Gasteiger partial charge in [-0.2, -0.15) is 0 Å². The predicted octanol–water partition coefficient (Wildman–Crippen LogP) is 3.54. The fourth-order valence-corrected chi connectivity index (χ4v) is 3.15. The highest BCUT2D eigenvalue weighted by atomic mass is 35.5. The standard InChI is InChI=1S/C14H13ClN2OS/c15-11-5-9-3-4-18-14(9)10(6-11)8-19-13-2-1-12(16)7-17-13/h1-2,5-7H,3-4,8,16H2. The van der Waals surface area contributed by atoms with Gasteiger partial charge in [0.25, 0.3) is 0 Å². The fraction of sp³-hybridized carbons (Fsp3) is 0.214. The summed E-state index contributed by atoms with van der Waals surface area (Å²) in [7, 11) is 0. The summed E-state index contributed by atoms with van der Waals surface area (Å²) < 4.78 is 5.68. The third-order valence-corrected chi connectivity index (χ3v) is 4.17. The number of halogens is 1. The lowest BCUT2D eigenvalue weighted by Crippen LogP contribution is -1.91. The number of ether oxygens (including phenoxy) is 1. The van der Waals surface area contributed by atoms with Crippen LogP contribution in [0.5, 0.6) is 5.75 Å². The van der Waals surface area contributed by atoms with Crippen molar-refractivity contribution in [3.05, 3.63) is 46.6 Å². The number of nitrogens with two attached hydrogens (primary N) is 1. The van der Waals surface area contributed by atoms with E-state index in [0.717, 1.165) is 40.1 Å². The Bertz CT molecular complexity index is 601. The molecule has 1 aliphatic rings. The van der Waals surface area contributed by atoms with E-state index in [-0.39, 0.29) is 0 Å². The first-order valence-electron chi connectivity index (χ1n) is 6.01. The van der Waals surface area contributed by atoms with Crippen LogP contribution in [0.3, 0.4) is 0 Å². The zero-order valence-corrected chi connectivity index (χ0v) is 11.8. The molecular formula is C14H13ClN2OS. The summed E-state index contributed by atoms with van der Waals surface area (Å²) in [6, 6.07) is 7.73. The summed E-state index contributed by atoms with van der Waals surface area (Å²) in [4.78, 5) is 4.27. The van der Waals surface area contributed by atoms with E-state index < -0.39 is 0 Å². The molecule has 0 radical (unpaired) electrons. The van der Waals surface area contributed by atoms with Crippen molar-refractivity contribution in [1.29, 1.82) is 0 Å². The molecule has 2 heterocycles. The Labute approximate surface area is 121 Å². The lowest BCUT2D eigenvalue weighted by molar-refractivity contribution is 0.354. The number of nitrogen functional groups attached to an aromatic ring is 1. The van der Waals surface area contributed by atoms with Gasteiger partial charge in [-0.25, -0.2) is 4.98 Å². The van der Waals surface area contributed by atoms with Crippen LogP contribution < -0.4 is 10.5 Å². The van der Waals surface area contributed by atoms with Gasteiger partial charge in [0.05, 0.1) is 23.5 Å². The van der Waals surface area contributed by atoms with Crippen LogP contribution in [0.4, 0.5) is 5.69 Å². The van der Waals surface area contributed by atoms with E-state index in [2.05, 4.69) is 4.98 Å². The molecule has 0 atom stereocenters. The van der Waals surface area contributed by atoms with E-state index in [1.165, 1.54) is 5.56 Å². The van der Waals surface area contributed by atoms with Gasteiger partial charge in [-0.1, -0.05) is 11.6 Å². The molecule has 1 aliphatic heterocycles. The van der Waals surface area contributed by atoms with Gasteiger partial charge < -0.3 is 10.5 Å². The highest BCUT2D eigenvalue weighted by Gasteiger charge is 2.17. The molecule has 3 nitrogen and oxygen atoms in total. The highest BCUT2D eigenvalue weighted by molar-refractivity contribution is 7.98. The number of hydrogen-bond acceptors (Lipinski definition) is 4. The Balaban J connectivity index is 1.78. The zero-order chi connectivity index (χ0) is 13.2. The molecule has 0 spiro atoms. The van der Waals surface area contributed by atoms with Crippen molar-refractivity contribution in [1.82, 2.24) is 4.98 Å². The normalized spacial score (nSPS) is 13.1. The Kier molecular flexibility index (Phi) is 3.53. The Morgan fingerprint density at radius 1 is 1.37 bits per heavy atom. The van der Waals surface area contributed by atoms with Crippen molar-refractivity contribution in [2.24, 2.45) is 0 Å². The van der Waals surface area contributed by atoms with Crippen molar-refractivity contribution < 1.29 is 4.74 Å². The molecule has 0 unspecified atom stereocenters. The maximum Gasteiger partial charge on any atom is 0.126 e. The summed E-state index contributed by atoms with van der Waals surface area (Å²) in [5, 5.41) is 1.71. The van der Waals surface area contributed by atoms with Crippen LogP contribution in [0, 0.1) is 0 Å². The largest absolute Gasteiger partial charge is 0.493 e. The van der Waals surface area contributed by atoms with Gasteiger partial charge in [0.15, 0.2) is 0 Å². The van der Waals surface area contributed by atoms with E-state index in [4.69, 9.17) is 22.1 Å². The van der Waals surface area contributed by atoms with Crippen LogP contribution in [-0.2, 0) is 12.2 Å². The third kappa shape index (κ3) is 2.80. The van der Waals surface area contributed by atoms with Crippen molar-refractivity contribution >= 4 is 29.1 Å². The van der Waals surface area contributed by atoms with Crippen LogP contribution >= 0.6 is 23.4 Å². The van der Waals surface area contributed by atoms with Crippen LogP contribution in [0.25, 0.3) is 0 Å². The first kappa shape index (κ1) is 12.6. The van der Waals surface area contributed by atoms with E-state index in [1.54, 1.807) is 18.0 Å². The third-order valence-electron chi connectivity index (χ3n) is 2.96. The molecule has 5 heteroatoms. The fourth-order valence-electron chi connectivity index (χ4n) is 2.08. The predicted molar refractivity (Wildman–Crippen MR) is 78.9 cm³/mol. The van der Waals surface area contributed by atoms with Gasteiger partial charge in [-0.3, -0.25) is 0 Å². The molecule has 0 aliphatic carbocycles. The molecule has 19 heavy (non-hydrogen) atoms. The first-order chi connectivity index (χ1) is 9.22. The monoisotopic (exact) mass is 292 g/mol. The second-order valence-electron chi connectivity index (χ2n) is 4.37. The Morgan fingerprint density at radius 2 is 2.26 bits per heavy atom. The van der Waals surface area contributed by atoms with Gasteiger partial charge in [0, 0.05) is 22.8 Å². The van der Waals surface area contributed by atoms with Gasteiger partial charge in [0.1, 0.15) is 5.75 Å². The number of nitrogens with zero attached hydrogens (tertiary/aromatic N) is 1. The topological polar surface area (TPSA) is 48.1 Å². The number of rotatable bonds is 3. The SMILES string of the molecule is Nc1ccc(SCc2cc(Cl)cc3c2OCC3)nc1. The lowest BCUT2D eigenvalue weighted by Gasteiger charge is -2.08. The van der Waals surface area contributed by atoms with Crippen molar-refractivity contribution in [3.8, 4) is 5.75 Å². The molecule has 0 amide bonds. The molecule has 0 saturated carbocycles. The molecule has 1 aromatic heterocycles. The number of pyridine rings is 1. The quantitative estimate of drug-likeness (QED) is 0.879. The molecule has 2 N–H and O–H groups in total. The average molecular weight is 293 g/mol. The number of aromatic nitrogens is 1. The summed E-state index contributed by atoms with van der Waals surface area (Å²) in [5.41, 5.74) is 8.63. The number of anilines is 1. The average Bonchev–Trinajstić information content (AvgIpc) is 2.85. The molecule has 98 valence electrons. The van der Waals surface area contributed by atoms with Crippen molar-refractivity contribution in [2.75, 3.05) is 12.3 Å². The number of benzene rings is 1. The smallest absolute Gasteiger partial charge is 0.126 e. The minimum atomic E-state index is 0.677. The molecule has 0 saturated heterocycles. The zero-order valence-electron chi connectivity index (χ0n) is 10.2. The maximum absolute atomic E-state index is 6.13. The van der Waals surface area contributed by atoms with Crippen LogP contribution in [0.15, 0.2) is 35.5 Å². The molecular weight excluding hydrogens is 280 g/mol. The minimum Gasteiger partial charge on any atom is -0.493 e. The summed E-state index contributed by atoms with van der Waals surface area (Å²) in [6.07, 6.45) is 2.61. The second kappa shape index (κ2) is 5.31. The van der Waals surface area contributed by atoms with E-state index in [0.29, 0.717) is 5.69 Å². The summed E-state index contributed by atoms with van der Waals surface area (Å²) >= 11 is 7.79. The Morgan fingerprint density at radius 3 is 3.05 bits per heavy atom. The number of hydrogen-bond donors (Lipinski definition) is 1. The highest BCUT2D eigenvalue weighted by Crippen LogP contribution is 2.36. The number of thioether (sulfide) groups is 1. The molecule has 0 fully saturated rings. The Hall–Kier alpha value is -1.39. The van der Waals surface area contributed by atoms with Crippen molar-refractivity contribution in [3.63, 3.8) is 0 Å². The van der Waals surface area contributed by atoms with Crippen molar-refractivity contribution in [2.45, 2.75) is 17.2 Å². The van der Waals surface area contributed by atoms with Gasteiger partial charge >= 0.3 is 0 Å². The first-order valence-corrected chi connectivity index (χ1v) is 7.37. The van der Waals surface area contributed by atoms with Gasteiger partial charge in [-0.05, 0) is 29.8 Å². The minimum absolute atomic E-state index is 0.677. The van der Waals surface area contributed by atoms with Gasteiger partial charge in [0.2, 0.25) is 0 Å². The maximum atomic E-state index is 6.13. The van der Waals surface area contributed by atoms with E-state index in [9.17, 15) is 0 Å². The van der Waals surface area contributed by atoms with E-state index in [1.807, 2.05) is 24.3 Å². The summed E-state index contributed by atoms with van der Waals surface area (Å²) in [5.74, 6) is 1.78. The molecule has 2 aromatic rings. The lowest BCUT2D eigenvalue weighted by atomic mass is 10.1.